The summed E-state index contributed by atoms with van der Waals surface area (Å²) < 4.78 is 5.39. The zero-order chi connectivity index (χ0) is 17.6. The predicted octanol–water partition coefficient (Wildman–Crippen LogP) is 1.53. The number of ether oxygens (including phenoxy) is 1. The molecule has 2 N–H and O–H groups in total. The summed E-state index contributed by atoms with van der Waals surface area (Å²) in [6.07, 6.45) is 8.01. The fourth-order valence-corrected chi connectivity index (χ4v) is 3.50. The van der Waals surface area contributed by atoms with E-state index >= 15 is 0 Å². The first kappa shape index (κ1) is 20.5. The van der Waals surface area contributed by atoms with E-state index in [2.05, 4.69) is 27.4 Å². The number of unbranched alkanes of at least 4 members (excludes halogenated alkanes) is 2. The van der Waals surface area contributed by atoms with Crippen molar-refractivity contribution in [2.75, 3.05) is 72.1 Å². The number of guanidine groups is 1. The van der Waals surface area contributed by atoms with E-state index in [1.165, 1.54) is 58.2 Å². The quantitative estimate of drug-likeness (QED) is 0.354. The lowest BCUT2D eigenvalue weighted by atomic mass is 10.1. The van der Waals surface area contributed by atoms with Crippen LogP contribution in [0.15, 0.2) is 4.99 Å². The van der Waals surface area contributed by atoms with Crippen LogP contribution in [-0.4, -0.2) is 87.9 Å². The van der Waals surface area contributed by atoms with Crippen LogP contribution in [0.1, 0.15) is 45.4 Å². The van der Waals surface area contributed by atoms with Gasteiger partial charge >= 0.3 is 0 Å². The second-order valence-corrected chi connectivity index (χ2v) is 7.10. The van der Waals surface area contributed by atoms with E-state index in [1.54, 1.807) is 0 Å². The van der Waals surface area contributed by atoms with Gasteiger partial charge in [0.2, 0.25) is 0 Å². The topological polar surface area (TPSA) is 52.1 Å². The first-order valence-corrected chi connectivity index (χ1v) is 10.4. The number of piperidine rings is 1. The molecule has 6 nitrogen and oxygen atoms in total. The summed E-state index contributed by atoms with van der Waals surface area (Å²) in [5.74, 6) is 0.965. The van der Waals surface area contributed by atoms with Crippen molar-refractivity contribution in [2.24, 2.45) is 4.99 Å². The molecule has 2 aliphatic heterocycles. The molecule has 2 heterocycles. The number of morpholine rings is 1. The van der Waals surface area contributed by atoms with Crippen molar-refractivity contribution in [3.8, 4) is 0 Å². The Morgan fingerprint density at radius 1 is 0.880 bits per heavy atom. The van der Waals surface area contributed by atoms with Crippen molar-refractivity contribution in [1.82, 2.24) is 20.4 Å². The standard InChI is InChI=1S/C19H39N5O/c1-2-20-19(22-10-14-24-15-17-25-18-16-24)21-9-5-3-6-11-23-12-7-4-8-13-23/h2-18H2,1H3,(H2,20,21,22). The molecule has 0 aromatic carbocycles. The van der Waals surface area contributed by atoms with E-state index < -0.39 is 0 Å². The van der Waals surface area contributed by atoms with Crippen LogP contribution >= 0.6 is 0 Å². The molecule has 2 fully saturated rings. The van der Waals surface area contributed by atoms with E-state index in [0.717, 1.165) is 58.4 Å². The minimum atomic E-state index is 0.867. The van der Waals surface area contributed by atoms with Gasteiger partial charge in [-0.3, -0.25) is 9.89 Å². The van der Waals surface area contributed by atoms with Crippen molar-refractivity contribution in [3.63, 3.8) is 0 Å². The average Bonchev–Trinajstić information content (AvgIpc) is 2.66. The molecule has 0 aromatic heterocycles. The normalized spacial score (nSPS) is 20.6. The van der Waals surface area contributed by atoms with Gasteiger partial charge in [-0.1, -0.05) is 12.8 Å². The molecule has 0 unspecified atom stereocenters. The van der Waals surface area contributed by atoms with Crippen LogP contribution in [0.3, 0.4) is 0 Å². The molecule has 2 saturated heterocycles. The van der Waals surface area contributed by atoms with Crippen molar-refractivity contribution >= 4 is 5.96 Å². The number of nitrogens with zero attached hydrogens (tertiary/aromatic N) is 3. The SMILES string of the molecule is CCNC(=NCCCCCN1CCCCC1)NCCN1CCOCC1. The van der Waals surface area contributed by atoms with Crippen molar-refractivity contribution in [2.45, 2.75) is 45.4 Å². The Hall–Kier alpha value is -0.850. The molecular formula is C19H39N5O. The molecule has 0 atom stereocenters. The number of nitrogens with one attached hydrogen (secondary N) is 2. The maximum atomic E-state index is 5.39. The van der Waals surface area contributed by atoms with Gasteiger partial charge in [-0.2, -0.15) is 0 Å². The third-order valence-corrected chi connectivity index (χ3v) is 5.02. The highest BCUT2D eigenvalue weighted by molar-refractivity contribution is 5.79. The van der Waals surface area contributed by atoms with E-state index in [-0.39, 0.29) is 0 Å². The molecule has 0 saturated carbocycles. The predicted molar refractivity (Wildman–Crippen MR) is 105 cm³/mol. The maximum Gasteiger partial charge on any atom is 0.191 e. The molecule has 0 radical (unpaired) electrons. The average molecular weight is 354 g/mol. The lowest BCUT2D eigenvalue weighted by Crippen LogP contribution is -2.44. The van der Waals surface area contributed by atoms with E-state index in [0.29, 0.717) is 0 Å². The summed E-state index contributed by atoms with van der Waals surface area (Å²) in [7, 11) is 0. The number of rotatable bonds is 10. The Morgan fingerprint density at radius 2 is 1.64 bits per heavy atom. The second kappa shape index (κ2) is 13.4. The Balaban J connectivity index is 1.51. The van der Waals surface area contributed by atoms with Crippen LogP contribution in [0.5, 0.6) is 0 Å². The Kier molecular flexibility index (Phi) is 10.9. The largest absolute Gasteiger partial charge is 0.379 e. The van der Waals surface area contributed by atoms with Gasteiger partial charge < -0.3 is 20.3 Å². The molecule has 6 heteroatoms. The minimum Gasteiger partial charge on any atom is -0.379 e. The van der Waals surface area contributed by atoms with Crippen LogP contribution in [0.4, 0.5) is 0 Å². The van der Waals surface area contributed by atoms with Crippen LogP contribution in [0, 0.1) is 0 Å². The highest BCUT2D eigenvalue weighted by Crippen LogP contribution is 2.09. The lowest BCUT2D eigenvalue weighted by Gasteiger charge is -2.26. The molecule has 146 valence electrons. The van der Waals surface area contributed by atoms with E-state index in [4.69, 9.17) is 9.73 Å². The summed E-state index contributed by atoms with van der Waals surface area (Å²) in [4.78, 5) is 9.79. The van der Waals surface area contributed by atoms with Gasteiger partial charge in [0, 0.05) is 39.3 Å². The molecular weight excluding hydrogens is 314 g/mol. The molecule has 2 aliphatic rings. The van der Waals surface area contributed by atoms with Crippen LogP contribution in [0.25, 0.3) is 0 Å². The van der Waals surface area contributed by atoms with Gasteiger partial charge in [0.05, 0.1) is 13.2 Å². The van der Waals surface area contributed by atoms with Crippen molar-refractivity contribution in [3.05, 3.63) is 0 Å². The summed E-state index contributed by atoms with van der Waals surface area (Å²) in [6.45, 7) is 13.7. The van der Waals surface area contributed by atoms with Gasteiger partial charge in [0.15, 0.2) is 5.96 Å². The Bertz CT molecular complexity index is 352. The molecule has 0 aromatic rings. The van der Waals surface area contributed by atoms with Crippen LogP contribution in [0.2, 0.25) is 0 Å². The van der Waals surface area contributed by atoms with Crippen LogP contribution < -0.4 is 10.6 Å². The molecule has 2 rings (SSSR count). The van der Waals surface area contributed by atoms with Gasteiger partial charge in [-0.15, -0.1) is 0 Å². The monoisotopic (exact) mass is 353 g/mol. The second-order valence-electron chi connectivity index (χ2n) is 7.10. The van der Waals surface area contributed by atoms with Gasteiger partial charge in [-0.05, 0) is 52.2 Å². The zero-order valence-electron chi connectivity index (χ0n) is 16.3. The fraction of sp³-hybridized carbons (Fsp3) is 0.947. The summed E-state index contributed by atoms with van der Waals surface area (Å²) in [5, 5.41) is 6.81. The molecule has 0 amide bonds. The van der Waals surface area contributed by atoms with Gasteiger partial charge in [0.25, 0.3) is 0 Å². The molecule has 0 aliphatic carbocycles. The third kappa shape index (κ3) is 9.42. The lowest BCUT2D eigenvalue weighted by molar-refractivity contribution is 0.0389. The van der Waals surface area contributed by atoms with Gasteiger partial charge in [0.1, 0.15) is 0 Å². The number of hydrogen-bond donors (Lipinski definition) is 2. The van der Waals surface area contributed by atoms with Crippen molar-refractivity contribution in [1.29, 1.82) is 0 Å². The number of aliphatic imine (C=N–C) groups is 1. The first-order chi connectivity index (χ1) is 12.4. The number of hydrogen-bond acceptors (Lipinski definition) is 4. The minimum absolute atomic E-state index is 0.867. The summed E-state index contributed by atoms with van der Waals surface area (Å²) >= 11 is 0. The Morgan fingerprint density at radius 3 is 2.40 bits per heavy atom. The molecule has 25 heavy (non-hydrogen) atoms. The summed E-state index contributed by atoms with van der Waals surface area (Å²) in [6, 6.07) is 0. The van der Waals surface area contributed by atoms with E-state index in [1.807, 2.05) is 0 Å². The third-order valence-electron chi connectivity index (χ3n) is 5.02. The first-order valence-electron chi connectivity index (χ1n) is 10.4. The van der Waals surface area contributed by atoms with Crippen LogP contribution in [-0.2, 0) is 4.74 Å². The highest BCUT2D eigenvalue weighted by Gasteiger charge is 2.10. The fourth-order valence-electron chi connectivity index (χ4n) is 3.50. The Labute approximate surface area is 154 Å². The summed E-state index contributed by atoms with van der Waals surface area (Å²) in [5.41, 5.74) is 0. The van der Waals surface area contributed by atoms with E-state index in [9.17, 15) is 0 Å². The maximum absolute atomic E-state index is 5.39. The van der Waals surface area contributed by atoms with Gasteiger partial charge in [-0.25, -0.2) is 0 Å². The smallest absolute Gasteiger partial charge is 0.191 e. The molecule has 0 spiro atoms. The molecule has 0 bridgehead atoms. The van der Waals surface area contributed by atoms with Crippen molar-refractivity contribution < 1.29 is 4.74 Å². The zero-order valence-corrected chi connectivity index (χ0v) is 16.3. The number of likely N-dealkylation sites (tertiary alicyclic amines) is 1. The highest BCUT2D eigenvalue weighted by atomic mass is 16.5.